The van der Waals surface area contributed by atoms with Crippen LogP contribution in [0.4, 0.5) is 10.5 Å². The molecule has 2 N–H and O–H groups in total. The molecule has 0 saturated carbocycles. The number of hydrogen-bond donors (Lipinski definition) is 2. The van der Waals surface area contributed by atoms with E-state index in [2.05, 4.69) is 16.6 Å². The number of hydrogen-bond acceptors (Lipinski definition) is 4. The third kappa shape index (κ3) is 4.87. The third-order valence-corrected chi connectivity index (χ3v) is 6.08. The van der Waals surface area contributed by atoms with Crippen LogP contribution in [0.25, 0.3) is 0 Å². The van der Waals surface area contributed by atoms with Gasteiger partial charge in [0.25, 0.3) is 5.91 Å². The second-order valence-corrected chi connectivity index (χ2v) is 8.22. The molecule has 3 aromatic rings. The number of nitrogens with one attached hydrogen (secondary N) is 2. The SMILES string of the molecule is C#Cc1ccc(NC(=O)[C@H]([C@@H](C)c2ccccc2)N2C(=O)N[C@H](c3ccc(OC)cc3)C2=O)cc1. The highest BCUT2D eigenvalue weighted by Gasteiger charge is 2.47. The molecule has 176 valence electrons. The smallest absolute Gasteiger partial charge is 0.325 e. The molecule has 1 fully saturated rings. The summed E-state index contributed by atoms with van der Waals surface area (Å²) in [5.74, 6) is 1.72. The molecule has 7 heteroatoms. The van der Waals surface area contributed by atoms with E-state index in [-0.39, 0.29) is 0 Å². The highest BCUT2D eigenvalue weighted by Crippen LogP contribution is 2.31. The number of anilines is 1. The molecule has 7 nitrogen and oxygen atoms in total. The van der Waals surface area contributed by atoms with E-state index >= 15 is 0 Å². The van der Waals surface area contributed by atoms with E-state index in [1.54, 1.807) is 55.6 Å². The van der Waals surface area contributed by atoms with Crippen LogP contribution in [0, 0.1) is 12.3 Å². The zero-order valence-corrected chi connectivity index (χ0v) is 19.4. The average Bonchev–Trinajstić information content (AvgIpc) is 3.18. The van der Waals surface area contributed by atoms with Crippen LogP contribution >= 0.6 is 0 Å². The Kier molecular flexibility index (Phi) is 6.83. The molecule has 0 spiro atoms. The third-order valence-electron chi connectivity index (χ3n) is 6.08. The van der Waals surface area contributed by atoms with Gasteiger partial charge in [0.2, 0.25) is 5.91 Å². The molecule has 3 aromatic carbocycles. The van der Waals surface area contributed by atoms with Gasteiger partial charge in [-0.05, 0) is 47.5 Å². The number of urea groups is 1. The minimum Gasteiger partial charge on any atom is -0.497 e. The summed E-state index contributed by atoms with van der Waals surface area (Å²) in [6.07, 6.45) is 5.41. The summed E-state index contributed by atoms with van der Waals surface area (Å²) in [7, 11) is 1.55. The van der Waals surface area contributed by atoms with Gasteiger partial charge in [0.05, 0.1) is 7.11 Å². The number of ether oxygens (including phenoxy) is 1. The summed E-state index contributed by atoms with van der Waals surface area (Å²) < 4.78 is 5.18. The maximum Gasteiger partial charge on any atom is 0.325 e. The second-order valence-electron chi connectivity index (χ2n) is 8.22. The number of terminal acetylenes is 1. The molecule has 0 aromatic heterocycles. The van der Waals surface area contributed by atoms with Gasteiger partial charge in [0.1, 0.15) is 17.8 Å². The molecule has 3 atom stereocenters. The summed E-state index contributed by atoms with van der Waals surface area (Å²) >= 11 is 0. The summed E-state index contributed by atoms with van der Waals surface area (Å²) in [6.45, 7) is 1.82. The summed E-state index contributed by atoms with van der Waals surface area (Å²) in [4.78, 5) is 41.1. The van der Waals surface area contributed by atoms with E-state index in [0.29, 0.717) is 22.6 Å². The van der Waals surface area contributed by atoms with Crippen molar-refractivity contribution >= 4 is 23.5 Å². The first kappa shape index (κ1) is 23.6. The van der Waals surface area contributed by atoms with E-state index in [4.69, 9.17) is 11.2 Å². The Balaban J connectivity index is 1.66. The zero-order chi connectivity index (χ0) is 24.9. The molecule has 0 aliphatic carbocycles. The van der Waals surface area contributed by atoms with Crippen LogP contribution in [0.1, 0.15) is 35.6 Å². The number of nitrogens with zero attached hydrogens (tertiary/aromatic N) is 1. The van der Waals surface area contributed by atoms with E-state index in [1.165, 1.54) is 0 Å². The fourth-order valence-electron chi connectivity index (χ4n) is 4.15. The predicted octanol–water partition coefficient (Wildman–Crippen LogP) is 4.08. The first-order chi connectivity index (χ1) is 16.9. The lowest BCUT2D eigenvalue weighted by Crippen LogP contribution is -2.50. The van der Waals surface area contributed by atoms with E-state index in [1.807, 2.05) is 37.3 Å². The first-order valence-electron chi connectivity index (χ1n) is 11.1. The Hall–Kier alpha value is -4.57. The number of carbonyl (C=O) groups is 3. The van der Waals surface area contributed by atoms with Crippen LogP contribution in [-0.2, 0) is 9.59 Å². The number of imide groups is 1. The molecule has 0 radical (unpaired) electrons. The largest absolute Gasteiger partial charge is 0.497 e. The van der Waals surface area contributed by atoms with Crippen LogP contribution < -0.4 is 15.4 Å². The number of amides is 4. The van der Waals surface area contributed by atoms with Crippen molar-refractivity contribution in [3.63, 3.8) is 0 Å². The molecule has 1 saturated heterocycles. The molecule has 0 bridgehead atoms. The Labute approximate surface area is 204 Å². The van der Waals surface area contributed by atoms with Crippen molar-refractivity contribution in [2.75, 3.05) is 12.4 Å². The summed E-state index contributed by atoms with van der Waals surface area (Å²) in [5.41, 5.74) is 2.61. The summed E-state index contributed by atoms with van der Waals surface area (Å²) in [5, 5.41) is 5.56. The van der Waals surface area contributed by atoms with Crippen LogP contribution in [0.15, 0.2) is 78.9 Å². The van der Waals surface area contributed by atoms with Gasteiger partial charge >= 0.3 is 6.03 Å². The molecule has 1 aliphatic heterocycles. The first-order valence-corrected chi connectivity index (χ1v) is 11.1. The molecule has 4 amide bonds. The van der Waals surface area contributed by atoms with Gasteiger partial charge in [-0.3, -0.25) is 9.59 Å². The van der Waals surface area contributed by atoms with Crippen molar-refractivity contribution in [2.45, 2.75) is 24.9 Å². The maximum absolute atomic E-state index is 13.5. The van der Waals surface area contributed by atoms with Crippen molar-refractivity contribution in [2.24, 2.45) is 0 Å². The monoisotopic (exact) mass is 467 g/mol. The number of methoxy groups -OCH3 is 1. The van der Waals surface area contributed by atoms with Gasteiger partial charge in [-0.2, -0.15) is 0 Å². The Morgan fingerprint density at radius 3 is 2.29 bits per heavy atom. The van der Waals surface area contributed by atoms with Crippen molar-refractivity contribution in [1.29, 1.82) is 0 Å². The van der Waals surface area contributed by atoms with E-state index in [0.717, 1.165) is 10.5 Å². The minimum absolute atomic E-state index is 0.467. The Morgan fingerprint density at radius 1 is 1.03 bits per heavy atom. The molecular formula is C28H25N3O4. The molecule has 1 heterocycles. The fourth-order valence-corrected chi connectivity index (χ4v) is 4.15. The van der Waals surface area contributed by atoms with Crippen molar-refractivity contribution < 1.29 is 19.1 Å². The topological polar surface area (TPSA) is 87.7 Å². The van der Waals surface area contributed by atoms with Gasteiger partial charge in [-0.15, -0.1) is 6.42 Å². The van der Waals surface area contributed by atoms with Gasteiger partial charge in [-0.1, -0.05) is 55.3 Å². The van der Waals surface area contributed by atoms with Gasteiger partial charge in [0, 0.05) is 17.2 Å². The zero-order valence-electron chi connectivity index (χ0n) is 19.4. The lowest BCUT2D eigenvalue weighted by molar-refractivity contribution is -0.134. The number of rotatable bonds is 7. The Bertz CT molecular complexity index is 1260. The fraction of sp³-hybridized carbons (Fsp3) is 0.179. The minimum atomic E-state index is -1.08. The maximum atomic E-state index is 13.5. The van der Waals surface area contributed by atoms with Crippen LogP contribution in [0.3, 0.4) is 0 Å². The summed E-state index contributed by atoms with van der Waals surface area (Å²) in [6, 6.07) is 20.3. The lowest BCUT2D eigenvalue weighted by Gasteiger charge is -2.30. The highest BCUT2D eigenvalue weighted by atomic mass is 16.5. The van der Waals surface area contributed by atoms with Crippen LogP contribution in [0.5, 0.6) is 5.75 Å². The standard InChI is InChI=1S/C28H25N3O4/c1-4-19-10-14-22(15-11-19)29-26(32)25(18(2)20-8-6-5-7-9-20)31-27(33)24(30-28(31)34)21-12-16-23(35-3)17-13-21/h1,5-18,24-25H,2-3H3,(H,29,32)(H,30,34)/t18-,24+,25-/m0/s1. The van der Waals surface area contributed by atoms with Gasteiger partial charge in [-0.25, -0.2) is 9.69 Å². The van der Waals surface area contributed by atoms with Crippen molar-refractivity contribution in [3.05, 3.63) is 95.6 Å². The normalized spacial score (nSPS) is 16.7. The van der Waals surface area contributed by atoms with Crippen molar-refractivity contribution in [1.82, 2.24) is 10.2 Å². The average molecular weight is 468 g/mol. The quantitative estimate of drug-likeness (QED) is 0.405. The van der Waals surface area contributed by atoms with Crippen molar-refractivity contribution in [3.8, 4) is 18.1 Å². The predicted molar refractivity (Wildman–Crippen MR) is 133 cm³/mol. The molecule has 1 aliphatic rings. The van der Waals surface area contributed by atoms with E-state index < -0.39 is 35.8 Å². The number of benzene rings is 3. The molecule has 35 heavy (non-hydrogen) atoms. The van der Waals surface area contributed by atoms with E-state index in [9.17, 15) is 14.4 Å². The van der Waals surface area contributed by atoms with Crippen LogP contribution in [-0.4, -0.2) is 35.9 Å². The molecule has 4 rings (SSSR count). The van der Waals surface area contributed by atoms with Gasteiger partial charge in [0.15, 0.2) is 0 Å². The lowest BCUT2D eigenvalue weighted by atomic mass is 9.91. The van der Waals surface area contributed by atoms with Crippen LogP contribution in [0.2, 0.25) is 0 Å². The molecule has 0 unspecified atom stereocenters. The van der Waals surface area contributed by atoms with Gasteiger partial charge < -0.3 is 15.4 Å². The molecular weight excluding hydrogens is 442 g/mol. The second kappa shape index (κ2) is 10.1. The highest BCUT2D eigenvalue weighted by molar-refractivity contribution is 6.09. The number of carbonyl (C=O) groups excluding carboxylic acids is 3. The Morgan fingerprint density at radius 2 is 1.69 bits per heavy atom.